The van der Waals surface area contributed by atoms with Gasteiger partial charge in [0.05, 0.1) is 4.90 Å². The third kappa shape index (κ3) is 4.54. The van der Waals surface area contributed by atoms with Gasteiger partial charge < -0.3 is 0 Å². The molecule has 5 heteroatoms. The molecule has 3 nitrogen and oxygen atoms in total. The molecule has 0 bridgehead atoms. The van der Waals surface area contributed by atoms with E-state index in [4.69, 9.17) is 0 Å². The Labute approximate surface area is 136 Å². The maximum atomic E-state index is 12.5. The van der Waals surface area contributed by atoms with E-state index in [-0.39, 0.29) is 6.04 Å². The first-order valence-electron chi connectivity index (χ1n) is 7.85. The lowest BCUT2D eigenvalue weighted by atomic mass is 10.1. The van der Waals surface area contributed by atoms with Crippen molar-refractivity contribution in [3.63, 3.8) is 0 Å². The first-order valence-corrected chi connectivity index (χ1v) is 13.0. The van der Waals surface area contributed by atoms with Crippen molar-refractivity contribution in [2.75, 3.05) is 6.54 Å². The van der Waals surface area contributed by atoms with Gasteiger partial charge in [-0.3, -0.25) is 0 Å². The fraction of sp³-hybridized carbons (Fsp3) is 0.529. The van der Waals surface area contributed by atoms with Gasteiger partial charge in [0.1, 0.15) is 0 Å². The highest BCUT2D eigenvalue weighted by atomic mass is 32.2. The number of hydrogen-bond acceptors (Lipinski definition) is 2. The molecule has 0 spiro atoms. The number of rotatable bonds is 7. The highest BCUT2D eigenvalue weighted by molar-refractivity contribution is 7.89. The van der Waals surface area contributed by atoms with Crippen LogP contribution in [0, 0.1) is 6.92 Å². The molecule has 0 radical (unpaired) electrons. The average molecular weight is 338 g/mol. The van der Waals surface area contributed by atoms with Gasteiger partial charge in [-0.15, -0.1) is 6.58 Å². The molecule has 1 aliphatic rings. The van der Waals surface area contributed by atoms with E-state index in [9.17, 15) is 8.42 Å². The second kappa shape index (κ2) is 6.30. The van der Waals surface area contributed by atoms with Gasteiger partial charge in [0.15, 0.2) is 0 Å². The second-order valence-electron chi connectivity index (χ2n) is 7.57. The maximum absolute atomic E-state index is 12.5. The van der Waals surface area contributed by atoms with Gasteiger partial charge in [-0.25, -0.2) is 8.42 Å². The third-order valence-corrected chi connectivity index (χ3v) is 7.40. The summed E-state index contributed by atoms with van der Waals surface area (Å²) in [4.78, 5) is 0.404. The lowest BCUT2D eigenvalue weighted by Crippen LogP contribution is -2.20. The number of hydrogen-bond donors (Lipinski definition) is 0. The highest BCUT2D eigenvalue weighted by Crippen LogP contribution is 2.32. The standard InChI is InChI=1S/C17H27NO2SSi/c1-14-7-10-17(11-8-14)21(19,20)18-12-16(18)9-6-15(2)13-22(3,4)5/h7-8,10-11,16H,2,6,9,12-13H2,1,3-5H3/t16-,18?/m1/s1. The molecule has 0 aliphatic carbocycles. The van der Waals surface area contributed by atoms with Crippen LogP contribution >= 0.6 is 0 Å². The largest absolute Gasteiger partial charge is 0.243 e. The molecule has 1 fully saturated rings. The Balaban J connectivity index is 1.89. The van der Waals surface area contributed by atoms with Crippen LogP contribution < -0.4 is 0 Å². The van der Waals surface area contributed by atoms with Crippen LogP contribution in [0.4, 0.5) is 0 Å². The van der Waals surface area contributed by atoms with Gasteiger partial charge in [-0.05, 0) is 37.9 Å². The summed E-state index contributed by atoms with van der Waals surface area (Å²) in [5.41, 5.74) is 2.35. The molecule has 1 unspecified atom stereocenters. The van der Waals surface area contributed by atoms with Crippen LogP contribution in [-0.4, -0.2) is 33.4 Å². The van der Waals surface area contributed by atoms with Crippen molar-refractivity contribution in [1.82, 2.24) is 4.31 Å². The van der Waals surface area contributed by atoms with Crippen molar-refractivity contribution in [2.45, 2.75) is 56.4 Å². The number of sulfonamides is 1. The maximum Gasteiger partial charge on any atom is 0.243 e. The van der Waals surface area contributed by atoms with E-state index in [2.05, 4.69) is 26.2 Å². The van der Waals surface area contributed by atoms with Gasteiger partial charge in [0.2, 0.25) is 10.0 Å². The molecule has 1 aromatic rings. The Morgan fingerprint density at radius 1 is 1.27 bits per heavy atom. The number of aryl methyl sites for hydroxylation is 1. The van der Waals surface area contributed by atoms with E-state index in [0.29, 0.717) is 11.4 Å². The molecular weight excluding hydrogens is 310 g/mol. The van der Waals surface area contributed by atoms with Gasteiger partial charge in [0.25, 0.3) is 0 Å². The van der Waals surface area contributed by atoms with Crippen molar-refractivity contribution in [3.05, 3.63) is 42.0 Å². The Morgan fingerprint density at radius 2 is 1.86 bits per heavy atom. The molecule has 2 rings (SSSR count). The first kappa shape index (κ1) is 17.4. The molecule has 0 N–H and O–H groups in total. The molecule has 2 atom stereocenters. The second-order valence-corrected chi connectivity index (χ2v) is 14.9. The fourth-order valence-corrected chi connectivity index (χ4v) is 6.04. The Bertz CT molecular complexity index is 644. The van der Waals surface area contributed by atoms with Gasteiger partial charge >= 0.3 is 0 Å². The Hall–Kier alpha value is -0.913. The van der Waals surface area contributed by atoms with Crippen LogP contribution in [0.1, 0.15) is 18.4 Å². The number of allylic oxidation sites excluding steroid dienone is 1. The molecule has 1 aromatic carbocycles. The Kier molecular flexibility index (Phi) is 4.99. The van der Waals surface area contributed by atoms with Crippen molar-refractivity contribution >= 4 is 18.1 Å². The summed E-state index contributed by atoms with van der Waals surface area (Å²) in [6.07, 6.45) is 1.84. The Morgan fingerprint density at radius 3 is 2.41 bits per heavy atom. The van der Waals surface area contributed by atoms with Crippen LogP contribution in [-0.2, 0) is 10.0 Å². The SMILES string of the molecule is C=C(CC[C@@H]1CN1S(=O)(=O)c1ccc(C)cc1)C[Si](C)(C)C. The number of benzene rings is 1. The smallest absolute Gasteiger partial charge is 0.207 e. The molecule has 0 saturated carbocycles. The van der Waals surface area contributed by atoms with Crippen molar-refractivity contribution in [2.24, 2.45) is 0 Å². The summed E-state index contributed by atoms with van der Waals surface area (Å²) in [5, 5.41) is 0. The van der Waals surface area contributed by atoms with Crippen molar-refractivity contribution in [3.8, 4) is 0 Å². The van der Waals surface area contributed by atoms with Gasteiger partial charge in [-0.2, -0.15) is 4.31 Å². The molecular formula is C17H27NO2SSi. The topological polar surface area (TPSA) is 37.1 Å². The fourth-order valence-electron chi connectivity index (χ4n) is 2.74. The molecule has 1 heterocycles. The predicted molar refractivity (Wildman–Crippen MR) is 95.4 cm³/mol. The minimum absolute atomic E-state index is 0.157. The number of nitrogens with zero attached hydrogens (tertiary/aromatic N) is 1. The first-order chi connectivity index (χ1) is 10.1. The van der Waals surface area contributed by atoms with Gasteiger partial charge in [0, 0.05) is 20.7 Å². The highest BCUT2D eigenvalue weighted by Gasteiger charge is 2.43. The van der Waals surface area contributed by atoms with Crippen LogP contribution in [0.5, 0.6) is 0 Å². The van der Waals surface area contributed by atoms with E-state index in [0.717, 1.165) is 24.4 Å². The van der Waals surface area contributed by atoms with Crippen LogP contribution in [0.25, 0.3) is 0 Å². The summed E-state index contributed by atoms with van der Waals surface area (Å²) >= 11 is 0. The quantitative estimate of drug-likeness (QED) is 0.428. The molecule has 1 saturated heterocycles. The summed E-state index contributed by atoms with van der Waals surface area (Å²) in [7, 11) is -4.42. The van der Waals surface area contributed by atoms with Crippen molar-refractivity contribution in [1.29, 1.82) is 0 Å². The van der Waals surface area contributed by atoms with Crippen LogP contribution in [0.15, 0.2) is 41.3 Å². The van der Waals surface area contributed by atoms with Crippen LogP contribution in [0.3, 0.4) is 0 Å². The summed E-state index contributed by atoms with van der Waals surface area (Å²) in [6.45, 7) is 13.8. The lowest BCUT2D eigenvalue weighted by Gasteiger charge is -2.17. The predicted octanol–water partition coefficient (Wildman–Crippen LogP) is 4.04. The summed E-state index contributed by atoms with van der Waals surface area (Å²) in [6, 6.07) is 8.38. The molecule has 0 aromatic heterocycles. The normalized spacial score (nSPS) is 21.6. The zero-order valence-electron chi connectivity index (χ0n) is 14.1. The zero-order chi connectivity index (χ0) is 16.5. The van der Waals surface area contributed by atoms with E-state index in [1.807, 2.05) is 19.1 Å². The molecule has 22 heavy (non-hydrogen) atoms. The van der Waals surface area contributed by atoms with Crippen LogP contribution in [0.2, 0.25) is 25.7 Å². The van der Waals surface area contributed by atoms with Crippen molar-refractivity contribution < 1.29 is 8.42 Å². The monoisotopic (exact) mass is 337 g/mol. The molecule has 0 amide bonds. The molecule has 1 aliphatic heterocycles. The zero-order valence-corrected chi connectivity index (χ0v) is 15.9. The van der Waals surface area contributed by atoms with Gasteiger partial charge in [-0.1, -0.05) is 42.9 Å². The van der Waals surface area contributed by atoms with E-state index < -0.39 is 18.1 Å². The minimum Gasteiger partial charge on any atom is -0.207 e. The average Bonchev–Trinajstić information content (AvgIpc) is 3.15. The van der Waals surface area contributed by atoms with E-state index in [1.165, 1.54) is 5.57 Å². The molecule has 122 valence electrons. The summed E-state index contributed by atoms with van der Waals surface area (Å²) < 4.78 is 26.6. The minimum atomic E-state index is -3.30. The lowest BCUT2D eigenvalue weighted by molar-refractivity contribution is 0.547. The summed E-state index contributed by atoms with van der Waals surface area (Å²) in [5.74, 6) is 0. The third-order valence-electron chi connectivity index (χ3n) is 3.90. The van der Waals surface area contributed by atoms with E-state index in [1.54, 1.807) is 16.4 Å². The van der Waals surface area contributed by atoms with E-state index >= 15 is 0 Å².